The van der Waals surface area contributed by atoms with Crippen LogP contribution in [0.2, 0.25) is 5.02 Å². The highest BCUT2D eigenvalue weighted by Crippen LogP contribution is 2.32. The number of benzene rings is 2. The molecule has 0 aliphatic heterocycles. The lowest BCUT2D eigenvalue weighted by atomic mass is 10.0. The van der Waals surface area contributed by atoms with Crippen LogP contribution < -0.4 is 10.1 Å². The first-order valence-electron chi connectivity index (χ1n) is 10.0. The van der Waals surface area contributed by atoms with E-state index in [2.05, 4.69) is 10.3 Å². The summed E-state index contributed by atoms with van der Waals surface area (Å²) in [4.78, 5) is 16.5. The van der Waals surface area contributed by atoms with Gasteiger partial charge in [-0.2, -0.15) is 13.2 Å². The Morgan fingerprint density at radius 3 is 2.44 bits per heavy atom. The topological polar surface area (TPSA) is 51.2 Å². The van der Waals surface area contributed by atoms with Crippen LogP contribution in [0.5, 0.6) is 5.88 Å². The van der Waals surface area contributed by atoms with Crippen molar-refractivity contribution in [3.63, 3.8) is 0 Å². The first-order chi connectivity index (χ1) is 15.1. The van der Waals surface area contributed by atoms with Crippen LogP contribution in [0.15, 0.2) is 60.8 Å². The molecular formula is C24H22ClF3N2O2. The van der Waals surface area contributed by atoms with Gasteiger partial charge in [-0.05, 0) is 55.7 Å². The summed E-state index contributed by atoms with van der Waals surface area (Å²) < 4.78 is 44.8. The number of rotatable bonds is 7. The summed E-state index contributed by atoms with van der Waals surface area (Å²) in [7, 11) is 0. The van der Waals surface area contributed by atoms with Gasteiger partial charge in [0.1, 0.15) is 0 Å². The lowest BCUT2D eigenvalue weighted by Crippen LogP contribution is -2.28. The molecule has 0 atom stereocenters. The molecule has 32 heavy (non-hydrogen) atoms. The third-order valence-electron chi connectivity index (χ3n) is 4.64. The van der Waals surface area contributed by atoms with Crippen LogP contribution >= 0.6 is 11.6 Å². The number of carbonyl (C=O) groups is 1. The van der Waals surface area contributed by atoms with E-state index in [1.165, 1.54) is 12.1 Å². The molecule has 0 saturated heterocycles. The molecule has 1 aromatic heterocycles. The zero-order chi connectivity index (χ0) is 23.3. The fourth-order valence-electron chi connectivity index (χ4n) is 3.13. The Morgan fingerprint density at radius 1 is 1.09 bits per heavy atom. The fraction of sp³-hybridized carbons (Fsp3) is 0.250. The Bertz CT molecular complexity index is 1080. The lowest BCUT2D eigenvalue weighted by Gasteiger charge is -2.13. The second-order valence-electron chi connectivity index (χ2n) is 7.41. The van der Waals surface area contributed by atoms with Crippen LogP contribution in [-0.2, 0) is 12.6 Å². The number of carbonyl (C=O) groups excluding carboxylic acids is 1. The number of nitrogens with zero attached hydrogens (tertiary/aromatic N) is 1. The summed E-state index contributed by atoms with van der Waals surface area (Å²) in [6.45, 7) is 3.99. The van der Waals surface area contributed by atoms with Crippen molar-refractivity contribution in [2.45, 2.75) is 32.5 Å². The molecule has 0 radical (unpaired) electrons. The van der Waals surface area contributed by atoms with E-state index < -0.39 is 23.2 Å². The number of nitrogens with one attached hydrogen (secondary N) is 1. The second-order valence-corrected chi connectivity index (χ2v) is 7.81. The van der Waals surface area contributed by atoms with E-state index in [0.717, 1.165) is 28.8 Å². The normalized spacial score (nSPS) is 11.5. The predicted molar refractivity (Wildman–Crippen MR) is 118 cm³/mol. The van der Waals surface area contributed by atoms with Crippen molar-refractivity contribution in [3.05, 3.63) is 82.5 Å². The zero-order valence-corrected chi connectivity index (χ0v) is 18.3. The van der Waals surface area contributed by atoms with E-state index in [-0.39, 0.29) is 12.6 Å². The van der Waals surface area contributed by atoms with E-state index in [4.69, 9.17) is 16.3 Å². The first-order valence-corrected chi connectivity index (χ1v) is 10.4. The smallest absolute Gasteiger partial charge is 0.417 e. The average molecular weight is 463 g/mol. The highest BCUT2D eigenvalue weighted by Gasteiger charge is 2.34. The summed E-state index contributed by atoms with van der Waals surface area (Å²) >= 11 is 6.39. The third-order valence-corrected chi connectivity index (χ3v) is 4.99. The van der Waals surface area contributed by atoms with Crippen LogP contribution in [0, 0.1) is 0 Å². The maximum atomic E-state index is 13.1. The third kappa shape index (κ3) is 6.01. The van der Waals surface area contributed by atoms with Crippen molar-refractivity contribution in [1.82, 2.24) is 10.3 Å². The van der Waals surface area contributed by atoms with Crippen molar-refractivity contribution in [3.8, 4) is 17.0 Å². The van der Waals surface area contributed by atoms with Crippen LogP contribution in [0.25, 0.3) is 11.1 Å². The molecule has 4 nitrogen and oxygen atoms in total. The van der Waals surface area contributed by atoms with Crippen LogP contribution in [0.1, 0.15) is 35.3 Å². The summed E-state index contributed by atoms with van der Waals surface area (Å²) in [6.07, 6.45) is -2.49. The number of hydrogen-bond donors (Lipinski definition) is 1. The molecule has 0 spiro atoms. The van der Waals surface area contributed by atoms with Crippen LogP contribution in [-0.4, -0.2) is 23.5 Å². The Hall–Kier alpha value is -3.06. The summed E-state index contributed by atoms with van der Waals surface area (Å²) in [5.74, 6) is -0.241. The summed E-state index contributed by atoms with van der Waals surface area (Å²) in [6, 6.07) is 13.9. The lowest BCUT2D eigenvalue weighted by molar-refractivity contribution is -0.137. The van der Waals surface area contributed by atoms with Gasteiger partial charge in [-0.25, -0.2) is 4.98 Å². The minimum Gasteiger partial charge on any atom is -0.475 e. The Kier molecular flexibility index (Phi) is 7.40. The van der Waals surface area contributed by atoms with E-state index in [1.807, 2.05) is 32.0 Å². The Morgan fingerprint density at radius 2 is 1.81 bits per heavy atom. The minimum absolute atomic E-state index is 0.0320. The molecule has 2 aromatic carbocycles. The monoisotopic (exact) mass is 462 g/mol. The van der Waals surface area contributed by atoms with Gasteiger partial charge in [0.25, 0.3) is 5.91 Å². The van der Waals surface area contributed by atoms with Crippen LogP contribution in [0.3, 0.4) is 0 Å². The van der Waals surface area contributed by atoms with Crippen LogP contribution in [0.4, 0.5) is 13.2 Å². The number of hydrogen-bond acceptors (Lipinski definition) is 3. The largest absolute Gasteiger partial charge is 0.475 e. The molecule has 0 aliphatic carbocycles. The van der Waals surface area contributed by atoms with E-state index in [0.29, 0.717) is 17.3 Å². The van der Waals surface area contributed by atoms with Gasteiger partial charge in [0.15, 0.2) is 0 Å². The average Bonchev–Trinajstić information content (AvgIpc) is 2.74. The molecule has 0 bridgehead atoms. The second kappa shape index (κ2) is 10.0. The van der Waals surface area contributed by atoms with Gasteiger partial charge in [-0.1, -0.05) is 35.9 Å². The standard InChI is InChI=1S/C24H22ClF3N2O2/c1-15(2)32-22-10-9-18(14-30-22)17-8-7-16(21(25)13-17)11-12-29-23(31)19-5-3-4-6-20(19)24(26,27)28/h3-10,13-15H,11-12H2,1-2H3,(H,29,31). The van der Waals surface area contributed by atoms with Gasteiger partial charge in [-0.15, -0.1) is 0 Å². The molecule has 3 aromatic rings. The van der Waals surface area contributed by atoms with Crippen molar-refractivity contribution in [2.75, 3.05) is 6.54 Å². The molecule has 1 amide bonds. The molecule has 1 heterocycles. The quantitative estimate of drug-likeness (QED) is 0.456. The molecule has 0 unspecified atom stereocenters. The van der Waals surface area contributed by atoms with Gasteiger partial charge in [0, 0.05) is 29.4 Å². The molecule has 0 fully saturated rings. The number of halogens is 4. The van der Waals surface area contributed by atoms with E-state index >= 15 is 0 Å². The van der Waals surface area contributed by atoms with E-state index in [9.17, 15) is 18.0 Å². The Balaban J connectivity index is 1.63. The van der Waals surface area contributed by atoms with Crippen molar-refractivity contribution < 1.29 is 22.7 Å². The molecule has 3 rings (SSSR count). The molecule has 0 aliphatic rings. The highest BCUT2D eigenvalue weighted by molar-refractivity contribution is 6.31. The zero-order valence-electron chi connectivity index (χ0n) is 17.5. The predicted octanol–water partition coefficient (Wildman–Crippen LogP) is 6.18. The molecule has 0 saturated carbocycles. The maximum absolute atomic E-state index is 13.1. The number of amides is 1. The molecule has 168 valence electrons. The van der Waals surface area contributed by atoms with Crippen molar-refractivity contribution in [1.29, 1.82) is 0 Å². The van der Waals surface area contributed by atoms with Crippen molar-refractivity contribution >= 4 is 17.5 Å². The molecule has 8 heteroatoms. The van der Waals surface area contributed by atoms with Gasteiger partial charge in [0.2, 0.25) is 5.88 Å². The Labute approximate surface area is 189 Å². The number of aromatic nitrogens is 1. The first kappa shape index (κ1) is 23.6. The van der Waals surface area contributed by atoms with Gasteiger partial charge in [-0.3, -0.25) is 4.79 Å². The highest BCUT2D eigenvalue weighted by atomic mass is 35.5. The van der Waals surface area contributed by atoms with Gasteiger partial charge < -0.3 is 10.1 Å². The molecular weight excluding hydrogens is 441 g/mol. The number of alkyl halides is 3. The van der Waals surface area contributed by atoms with Gasteiger partial charge >= 0.3 is 6.18 Å². The number of ether oxygens (including phenoxy) is 1. The van der Waals surface area contributed by atoms with Gasteiger partial charge in [0.05, 0.1) is 17.2 Å². The maximum Gasteiger partial charge on any atom is 0.417 e. The van der Waals surface area contributed by atoms with Crippen molar-refractivity contribution in [2.24, 2.45) is 0 Å². The number of pyridine rings is 1. The fourth-order valence-corrected chi connectivity index (χ4v) is 3.40. The minimum atomic E-state index is -4.60. The summed E-state index contributed by atoms with van der Waals surface area (Å²) in [5, 5.41) is 3.03. The van der Waals surface area contributed by atoms with E-state index in [1.54, 1.807) is 18.3 Å². The molecule has 1 N–H and O–H groups in total. The SMILES string of the molecule is CC(C)Oc1ccc(-c2ccc(CCNC(=O)c3ccccc3C(F)(F)F)c(Cl)c2)cn1. The summed E-state index contributed by atoms with van der Waals surface area (Å²) in [5.41, 5.74) is 1.14.